The van der Waals surface area contributed by atoms with E-state index in [0.717, 1.165) is 27.5 Å². The second-order valence-electron chi connectivity index (χ2n) is 6.90. The van der Waals surface area contributed by atoms with Crippen LogP contribution in [0.25, 0.3) is 21.9 Å². The van der Waals surface area contributed by atoms with Crippen LogP contribution in [0.2, 0.25) is 0 Å². The third-order valence-corrected chi connectivity index (χ3v) is 5.02. The number of amides is 1. The molecule has 2 heterocycles. The van der Waals surface area contributed by atoms with E-state index in [1.807, 2.05) is 59.2 Å². The van der Waals surface area contributed by atoms with Crippen LogP contribution < -0.4 is 5.32 Å². The lowest BCUT2D eigenvalue weighted by Crippen LogP contribution is -2.17. The van der Waals surface area contributed by atoms with E-state index in [1.165, 1.54) is 12.1 Å². The molecule has 5 rings (SSSR count). The monoisotopic (exact) mass is 384 g/mol. The van der Waals surface area contributed by atoms with Crippen molar-refractivity contribution in [2.45, 2.75) is 6.54 Å². The largest absolute Gasteiger partial charge is 0.463 e. The molecule has 0 spiro atoms. The van der Waals surface area contributed by atoms with Gasteiger partial charge in [0.05, 0.1) is 11.8 Å². The minimum atomic E-state index is -0.306. The van der Waals surface area contributed by atoms with E-state index >= 15 is 0 Å². The number of nitrogens with one attached hydrogen (secondary N) is 1. The summed E-state index contributed by atoms with van der Waals surface area (Å²) in [7, 11) is 0. The number of nitrogens with zero attached hydrogens (tertiary/aromatic N) is 1. The minimum absolute atomic E-state index is 0.246. The van der Waals surface area contributed by atoms with Gasteiger partial charge in [-0.1, -0.05) is 48.5 Å². The Hall–Kier alpha value is -3.86. The van der Waals surface area contributed by atoms with E-state index in [9.17, 15) is 9.18 Å². The van der Waals surface area contributed by atoms with Gasteiger partial charge in [-0.25, -0.2) is 4.39 Å². The zero-order valence-electron chi connectivity index (χ0n) is 15.4. The number of fused-ring (bicyclic) bond motifs is 2. The van der Waals surface area contributed by atoms with Crippen molar-refractivity contribution in [1.82, 2.24) is 4.57 Å². The maximum absolute atomic E-state index is 13.6. The van der Waals surface area contributed by atoms with Crippen molar-refractivity contribution in [2.24, 2.45) is 0 Å². The number of furan rings is 1. The molecule has 5 aromatic rings. The summed E-state index contributed by atoms with van der Waals surface area (Å²) in [6, 6.07) is 23.6. The van der Waals surface area contributed by atoms with Crippen molar-refractivity contribution in [2.75, 3.05) is 5.32 Å². The van der Waals surface area contributed by atoms with Crippen LogP contribution in [0.15, 0.2) is 89.5 Å². The molecule has 0 atom stereocenters. The fourth-order valence-corrected chi connectivity index (χ4v) is 3.67. The van der Waals surface area contributed by atoms with Crippen molar-refractivity contribution in [3.05, 3.63) is 102 Å². The molecule has 0 saturated heterocycles. The van der Waals surface area contributed by atoms with Gasteiger partial charge in [0.15, 0.2) is 5.58 Å². The van der Waals surface area contributed by atoms with Gasteiger partial charge in [-0.05, 0) is 29.1 Å². The van der Waals surface area contributed by atoms with Gasteiger partial charge in [-0.2, -0.15) is 0 Å². The zero-order chi connectivity index (χ0) is 19.8. The van der Waals surface area contributed by atoms with Crippen LogP contribution in [0.1, 0.15) is 16.1 Å². The van der Waals surface area contributed by atoms with Crippen LogP contribution in [-0.4, -0.2) is 10.5 Å². The molecule has 0 aliphatic heterocycles. The number of carbonyl (C=O) groups is 1. The first-order valence-corrected chi connectivity index (χ1v) is 9.29. The van der Waals surface area contributed by atoms with Crippen LogP contribution >= 0.6 is 0 Å². The van der Waals surface area contributed by atoms with Gasteiger partial charge in [-0.3, -0.25) is 4.79 Å². The van der Waals surface area contributed by atoms with Crippen molar-refractivity contribution < 1.29 is 13.6 Å². The van der Waals surface area contributed by atoms with Crippen molar-refractivity contribution in [3.8, 4) is 0 Å². The molecule has 142 valence electrons. The van der Waals surface area contributed by atoms with Crippen LogP contribution in [0.5, 0.6) is 0 Å². The summed E-state index contributed by atoms with van der Waals surface area (Å²) in [6.07, 6.45) is 1.58. The van der Waals surface area contributed by atoms with E-state index in [0.29, 0.717) is 17.8 Å². The second-order valence-corrected chi connectivity index (χ2v) is 6.90. The Morgan fingerprint density at radius 3 is 2.69 bits per heavy atom. The third kappa shape index (κ3) is 3.17. The van der Waals surface area contributed by atoms with Gasteiger partial charge < -0.3 is 14.3 Å². The first kappa shape index (κ1) is 17.3. The average molecular weight is 384 g/mol. The molecule has 0 fully saturated rings. The fraction of sp³-hybridized carbons (Fsp3) is 0.0417. The molecule has 0 unspecified atom stereocenters. The summed E-state index contributed by atoms with van der Waals surface area (Å²) in [5, 5.41) is 5.03. The van der Waals surface area contributed by atoms with Crippen LogP contribution in [0.4, 0.5) is 10.1 Å². The minimum Gasteiger partial charge on any atom is -0.463 e. The van der Waals surface area contributed by atoms with E-state index in [4.69, 9.17) is 4.42 Å². The lowest BCUT2D eigenvalue weighted by atomic mass is 10.1. The smallest absolute Gasteiger partial charge is 0.272 e. The highest BCUT2D eigenvalue weighted by molar-refractivity contribution is 6.10. The first-order chi connectivity index (χ1) is 14.2. The van der Waals surface area contributed by atoms with Crippen molar-refractivity contribution in [1.29, 1.82) is 0 Å². The topological polar surface area (TPSA) is 47.2 Å². The van der Waals surface area contributed by atoms with Gasteiger partial charge in [-0.15, -0.1) is 0 Å². The second kappa shape index (κ2) is 6.95. The molecule has 3 aromatic carbocycles. The molecule has 1 N–H and O–H groups in total. The lowest BCUT2D eigenvalue weighted by molar-refractivity contribution is 0.101. The lowest BCUT2D eigenvalue weighted by Gasteiger charge is -2.12. The molecular formula is C24H17FN2O2. The van der Waals surface area contributed by atoms with Gasteiger partial charge in [0, 0.05) is 29.8 Å². The van der Waals surface area contributed by atoms with Crippen LogP contribution in [0, 0.1) is 5.82 Å². The Kier molecular flexibility index (Phi) is 4.13. The maximum atomic E-state index is 13.6. The number of benzene rings is 3. The Balaban J connectivity index is 1.54. The number of anilines is 1. The van der Waals surface area contributed by atoms with Crippen molar-refractivity contribution >= 4 is 33.5 Å². The van der Waals surface area contributed by atoms with Gasteiger partial charge >= 0.3 is 0 Å². The van der Waals surface area contributed by atoms with Gasteiger partial charge in [0.2, 0.25) is 0 Å². The molecule has 0 bridgehead atoms. The summed E-state index contributed by atoms with van der Waals surface area (Å²) in [4.78, 5) is 13.2. The molecule has 2 aromatic heterocycles. The highest BCUT2D eigenvalue weighted by Gasteiger charge is 2.18. The Morgan fingerprint density at radius 1 is 0.966 bits per heavy atom. The number of rotatable bonds is 4. The predicted molar refractivity (Wildman–Crippen MR) is 112 cm³/mol. The SMILES string of the molecule is O=C(Nc1cccc2ccccc12)c1cc2occc2n1Cc1cccc(F)c1. The normalized spacial score (nSPS) is 11.2. The predicted octanol–water partition coefficient (Wildman–Crippen LogP) is 5.83. The average Bonchev–Trinajstić information content (AvgIpc) is 3.31. The molecule has 4 nitrogen and oxygen atoms in total. The van der Waals surface area contributed by atoms with E-state index in [2.05, 4.69) is 5.32 Å². The highest BCUT2D eigenvalue weighted by atomic mass is 19.1. The molecular weight excluding hydrogens is 367 g/mol. The number of aromatic nitrogens is 1. The summed E-state index contributed by atoms with van der Waals surface area (Å²) < 4.78 is 21.0. The van der Waals surface area contributed by atoms with Crippen LogP contribution in [0.3, 0.4) is 0 Å². The maximum Gasteiger partial charge on any atom is 0.272 e. The quantitative estimate of drug-likeness (QED) is 0.424. The molecule has 0 radical (unpaired) electrons. The van der Waals surface area contributed by atoms with Gasteiger partial charge in [0.1, 0.15) is 11.5 Å². The zero-order valence-corrected chi connectivity index (χ0v) is 15.4. The summed E-state index contributed by atoms with van der Waals surface area (Å²) >= 11 is 0. The Morgan fingerprint density at radius 2 is 1.79 bits per heavy atom. The molecule has 1 amide bonds. The molecule has 29 heavy (non-hydrogen) atoms. The van der Waals surface area contributed by atoms with E-state index < -0.39 is 0 Å². The molecule has 0 aliphatic carbocycles. The Labute approximate surface area is 166 Å². The number of hydrogen-bond acceptors (Lipinski definition) is 2. The molecule has 0 saturated carbocycles. The van der Waals surface area contributed by atoms with Crippen molar-refractivity contribution in [3.63, 3.8) is 0 Å². The summed E-state index contributed by atoms with van der Waals surface area (Å²) in [6.45, 7) is 0.360. The molecule has 5 heteroatoms. The number of halogens is 1. The number of hydrogen-bond donors (Lipinski definition) is 1. The number of carbonyl (C=O) groups excluding carboxylic acids is 1. The fourth-order valence-electron chi connectivity index (χ4n) is 3.67. The standard InChI is InChI=1S/C24H17FN2O2/c25-18-8-3-5-16(13-18)15-27-21-11-12-29-23(21)14-22(27)24(28)26-20-10-4-7-17-6-1-2-9-19(17)20/h1-14H,15H2,(H,26,28). The summed E-state index contributed by atoms with van der Waals surface area (Å²) in [5.74, 6) is -0.552. The Bertz CT molecular complexity index is 1340. The molecule has 0 aliphatic rings. The van der Waals surface area contributed by atoms with Gasteiger partial charge in [0.25, 0.3) is 5.91 Å². The summed E-state index contributed by atoms with van der Waals surface area (Å²) in [5.41, 5.74) is 3.37. The highest BCUT2D eigenvalue weighted by Crippen LogP contribution is 2.26. The third-order valence-electron chi connectivity index (χ3n) is 5.02. The van der Waals surface area contributed by atoms with E-state index in [1.54, 1.807) is 18.4 Å². The van der Waals surface area contributed by atoms with E-state index in [-0.39, 0.29) is 11.7 Å². The first-order valence-electron chi connectivity index (χ1n) is 9.29. The van der Waals surface area contributed by atoms with Crippen LogP contribution in [-0.2, 0) is 6.54 Å².